The molecule has 0 amide bonds. The van der Waals surface area contributed by atoms with Gasteiger partial charge in [0, 0.05) is 22.2 Å². The van der Waals surface area contributed by atoms with Crippen molar-refractivity contribution >= 4 is 22.9 Å². The molecule has 30 heavy (non-hydrogen) atoms. The second-order valence-electron chi connectivity index (χ2n) is 6.93. The summed E-state index contributed by atoms with van der Waals surface area (Å²) in [6, 6.07) is 20.0. The van der Waals surface area contributed by atoms with Gasteiger partial charge in [0.2, 0.25) is 0 Å². The summed E-state index contributed by atoms with van der Waals surface area (Å²) < 4.78 is 26.4. The zero-order valence-electron chi connectivity index (χ0n) is 15.8. The first-order valence-corrected chi connectivity index (χ1v) is 10.9. The number of nitrogens with zero attached hydrogens (tertiary/aromatic N) is 1. The van der Waals surface area contributed by atoms with E-state index in [0.717, 1.165) is 21.6 Å². The van der Waals surface area contributed by atoms with Crippen LogP contribution in [0.1, 0.15) is 27.3 Å². The van der Waals surface area contributed by atoms with E-state index in [-0.39, 0.29) is 11.7 Å². The topological polar surface area (TPSA) is 31.4 Å². The van der Waals surface area contributed by atoms with Gasteiger partial charge in [-0.25, -0.2) is 4.39 Å². The van der Waals surface area contributed by atoms with Crippen LogP contribution in [0.5, 0.6) is 11.5 Å². The maximum Gasteiger partial charge on any atom is 0.156 e. The molecule has 0 aliphatic carbocycles. The van der Waals surface area contributed by atoms with Gasteiger partial charge in [0.25, 0.3) is 0 Å². The molecule has 1 aliphatic rings. The molecule has 1 aliphatic heterocycles. The maximum absolute atomic E-state index is 13.7. The van der Waals surface area contributed by atoms with Crippen LogP contribution in [0.3, 0.4) is 0 Å². The number of pyridine rings is 1. The van der Waals surface area contributed by atoms with Crippen molar-refractivity contribution in [1.29, 1.82) is 0 Å². The van der Waals surface area contributed by atoms with E-state index in [0.29, 0.717) is 23.8 Å². The number of hydrogen-bond acceptors (Lipinski definition) is 4. The molecule has 0 radical (unpaired) electrons. The lowest BCUT2D eigenvalue weighted by molar-refractivity contribution is 0.0290. The molecule has 0 saturated heterocycles. The van der Waals surface area contributed by atoms with Gasteiger partial charge in [-0.05, 0) is 41.3 Å². The van der Waals surface area contributed by atoms with Crippen LogP contribution in [0.15, 0.2) is 78.3 Å². The molecule has 0 N–H and O–H groups in total. The molecule has 6 heteroatoms. The highest BCUT2D eigenvalue weighted by Gasteiger charge is 2.46. The highest BCUT2D eigenvalue weighted by Crippen LogP contribution is 2.51. The first-order valence-electron chi connectivity index (χ1n) is 9.46. The van der Waals surface area contributed by atoms with Gasteiger partial charge in [-0.2, -0.15) is 0 Å². The predicted molar refractivity (Wildman–Crippen MR) is 116 cm³/mol. The Kier molecular flexibility index (Phi) is 5.03. The minimum atomic E-state index is -0.871. The van der Waals surface area contributed by atoms with E-state index in [2.05, 4.69) is 4.98 Å². The lowest BCUT2D eigenvalue weighted by Gasteiger charge is -2.29. The number of benzene rings is 2. The lowest BCUT2D eigenvalue weighted by atomic mass is 9.85. The summed E-state index contributed by atoms with van der Waals surface area (Å²) in [6.07, 6.45) is 1.81. The normalized spacial score (nSPS) is 17.7. The van der Waals surface area contributed by atoms with Crippen molar-refractivity contribution in [3.05, 3.63) is 111 Å². The van der Waals surface area contributed by atoms with E-state index in [4.69, 9.17) is 21.1 Å². The fourth-order valence-corrected chi connectivity index (χ4v) is 4.95. The van der Waals surface area contributed by atoms with E-state index in [1.807, 2.05) is 47.8 Å². The van der Waals surface area contributed by atoms with Gasteiger partial charge in [0.15, 0.2) is 11.4 Å². The Labute approximate surface area is 182 Å². The van der Waals surface area contributed by atoms with Gasteiger partial charge in [-0.15, -0.1) is 22.9 Å². The monoisotopic (exact) mass is 437 g/mol. The van der Waals surface area contributed by atoms with Crippen molar-refractivity contribution in [2.75, 3.05) is 0 Å². The Hall–Kier alpha value is -2.73. The number of hydrogen-bond donors (Lipinski definition) is 0. The first-order chi connectivity index (χ1) is 14.7. The van der Waals surface area contributed by atoms with Crippen molar-refractivity contribution in [2.45, 2.75) is 18.1 Å². The lowest BCUT2D eigenvalue weighted by Crippen LogP contribution is -2.27. The standard InChI is InChI=1S/C24H17ClFNO2S/c25-13-21-23(29-18-5-2-1-3-6-18)19-15-28-24(20(19)14-27-21,22-7-4-12-30-22)16-8-10-17(26)11-9-16/h1-12,14H,13,15H2. The summed E-state index contributed by atoms with van der Waals surface area (Å²) in [5.74, 6) is 1.25. The van der Waals surface area contributed by atoms with Crippen LogP contribution in [0.2, 0.25) is 0 Å². The molecular formula is C24H17ClFNO2S. The van der Waals surface area contributed by atoms with Crippen LogP contribution in [0, 0.1) is 5.82 Å². The summed E-state index contributed by atoms with van der Waals surface area (Å²) >= 11 is 7.77. The van der Waals surface area contributed by atoms with Crippen molar-refractivity contribution in [3.8, 4) is 11.5 Å². The molecule has 4 aromatic rings. The second-order valence-corrected chi connectivity index (χ2v) is 8.14. The van der Waals surface area contributed by atoms with Crippen LogP contribution >= 0.6 is 22.9 Å². The van der Waals surface area contributed by atoms with Crippen molar-refractivity contribution in [1.82, 2.24) is 4.98 Å². The van der Waals surface area contributed by atoms with Crippen LogP contribution in [-0.4, -0.2) is 4.98 Å². The minimum Gasteiger partial charge on any atom is -0.455 e. The molecule has 0 bridgehead atoms. The Balaban J connectivity index is 1.71. The summed E-state index contributed by atoms with van der Waals surface area (Å²) in [7, 11) is 0. The molecule has 1 atom stereocenters. The summed E-state index contributed by atoms with van der Waals surface area (Å²) in [5, 5.41) is 2.00. The molecule has 0 spiro atoms. The van der Waals surface area contributed by atoms with E-state index >= 15 is 0 Å². The largest absolute Gasteiger partial charge is 0.455 e. The summed E-state index contributed by atoms with van der Waals surface area (Å²) in [6.45, 7) is 0.333. The van der Waals surface area contributed by atoms with E-state index in [1.54, 1.807) is 29.7 Å². The maximum atomic E-state index is 13.7. The smallest absolute Gasteiger partial charge is 0.156 e. The number of halogens is 2. The van der Waals surface area contributed by atoms with Gasteiger partial charge < -0.3 is 9.47 Å². The summed E-state index contributed by atoms with van der Waals surface area (Å²) in [4.78, 5) is 5.61. The third-order valence-corrected chi connectivity index (χ3v) is 6.46. The number of alkyl halides is 1. The molecule has 2 aromatic carbocycles. The number of para-hydroxylation sites is 1. The average Bonchev–Trinajstić information content (AvgIpc) is 3.44. The van der Waals surface area contributed by atoms with Gasteiger partial charge in [0.1, 0.15) is 11.6 Å². The van der Waals surface area contributed by atoms with Crippen LogP contribution in [-0.2, 0) is 22.8 Å². The molecule has 0 fully saturated rings. The van der Waals surface area contributed by atoms with E-state index < -0.39 is 5.60 Å². The SMILES string of the molecule is Fc1ccc(C2(c3cccs3)OCc3c2cnc(CCl)c3Oc2ccccc2)cc1. The van der Waals surface area contributed by atoms with Gasteiger partial charge in [0.05, 0.1) is 18.2 Å². The number of fused-ring (bicyclic) bond motifs is 1. The molecular weight excluding hydrogens is 421 g/mol. The van der Waals surface area contributed by atoms with Crippen molar-refractivity contribution < 1.29 is 13.9 Å². The fraction of sp³-hybridized carbons (Fsp3) is 0.125. The zero-order chi connectivity index (χ0) is 20.6. The average molecular weight is 438 g/mol. The molecule has 150 valence electrons. The Morgan fingerprint density at radius 3 is 2.57 bits per heavy atom. The molecule has 3 heterocycles. The minimum absolute atomic E-state index is 0.220. The first kappa shape index (κ1) is 19.2. The van der Waals surface area contributed by atoms with Crippen molar-refractivity contribution in [3.63, 3.8) is 0 Å². The highest BCUT2D eigenvalue weighted by molar-refractivity contribution is 7.10. The van der Waals surface area contributed by atoms with Gasteiger partial charge in [-0.1, -0.05) is 36.4 Å². The quantitative estimate of drug-likeness (QED) is 0.328. The Morgan fingerprint density at radius 1 is 1.07 bits per heavy atom. The summed E-state index contributed by atoms with van der Waals surface area (Å²) in [5.41, 5.74) is 2.42. The number of ether oxygens (including phenoxy) is 2. The highest BCUT2D eigenvalue weighted by atomic mass is 35.5. The molecule has 2 aromatic heterocycles. The van der Waals surface area contributed by atoms with Gasteiger partial charge >= 0.3 is 0 Å². The fourth-order valence-electron chi connectivity index (χ4n) is 3.85. The molecule has 0 saturated carbocycles. The third kappa shape index (κ3) is 3.10. The number of aromatic nitrogens is 1. The Bertz CT molecular complexity index is 1170. The number of rotatable bonds is 5. The van der Waals surface area contributed by atoms with Gasteiger partial charge in [-0.3, -0.25) is 4.98 Å². The van der Waals surface area contributed by atoms with E-state index in [1.165, 1.54) is 12.1 Å². The molecule has 5 rings (SSSR count). The predicted octanol–water partition coefficient (Wildman–Crippen LogP) is 6.64. The second kappa shape index (κ2) is 7.84. The van der Waals surface area contributed by atoms with Crippen LogP contribution in [0.25, 0.3) is 0 Å². The zero-order valence-corrected chi connectivity index (χ0v) is 17.4. The van der Waals surface area contributed by atoms with Crippen LogP contribution < -0.4 is 4.74 Å². The van der Waals surface area contributed by atoms with Crippen LogP contribution in [0.4, 0.5) is 4.39 Å². The third-order valence-electron chi connectivity index (χ3n) is 5.23. The number of thiophene rings is 1. The Morgan fingerprint density at radius 2 is 1.87 bits per heavy atom. The van der Waals surface area contributed by atoms with Crippen molar-refractivity contribution in [2.24, 2.45) is 0 Å². The molecule has 3 nitrogen and oxygen atoms in total. The van der Waals surface area contributed by atoms with E-state index in [9.17, 15) is 4.39 Å². The molecule has 1 unspecified atom stereocenters.